The van der Waals surface area contributed by atoms with Crippen LogP contribution < -0.4 is 11.2 Å². The molecule has 0 saturated heterocycles. The van der Waals surface area contributed by atoms with E-state index in [-0.39, 0.29) is 5.69 Å². The van der Waals surface area contributed by atoms with Gasteiger partial charge in [-0.25, -0.2) is 5.48 Å². The van der Waals surface area contributed by atoms with Gasteiger partial charge in [0.15, 0.2) is 0 Å². The fourth-order valence-corrected chi connectivity index (χ4v) is 0.957. The first-order chi connectivity index (χ1) is 6.69. The summed E-state index contributed by atoms with van der Waals surface area (Å²) in [6, 6.07) is 6.32. The van der Waals surface area contributed by atoms with Crippen LogP contribution in [0.2, 0.25) is 0 Å². The maximum Gasteiger partial charge on any atom is 0.274 e. The topological polar surface area (TPSA) is 88.1 Å². The second-order valence-electron chi connectivity index (χ2n) is 2.55. The first kappa shape index (κ1) is 10.0. The number of carbonyl (C=O) groups excluding carboxylic acids is 1. The minimum atomic E-state index is -0.399. The van der Waals surface area contributed by atoms with E-state index in [1.807, 2.05) is 6.07 Å². The Balaban J connectivity index is 2.98. The van der Waals surface area contributed by atoms with Crippen molar-refractivity contribution in [1.82, 2.24) is 5.48 Å². The number of anilines is 1. The lowest BCUT2D eigenvalue weighted by molar-refractivity contribution is 0.0537. The van der Waals surface area contributed by atoms with Gasteiger partial charge in [0.05, 0.1) is 18.4 Å². The van der Waals surface area contributed by atoms with Crippen LogP contribution in [0.25, 0.3) is 0 Å². The van der Waals surface area contributed by atoms with E-state index < -0.39 is 5.91 Å². The molecule has 0 unspecified atom stereocenters. The van der Waals surface area contributed by atoms with Crippen molar-refractivity contribution < 1.29 is 9.63 Å². The van der Waals surface area contributed by atoms with Gasteiger partial charge in [-0.3, -0.25) is 9.63 Å². The molecule has 0 fully saturated rings. The average Bonchev–Trinajstić information content (AvgIpc) is 2.18. The quantitative estimate of drug-likeness (QED) is 0.524. The van der Waals surface area contributed by atoms with E-state index in [2.05, 4.69) is 10.3 Å². The molecule has 1 amide bonds. The Labute approximate surface area is 81.0 Å². The zero-order valence-electron chi connectivity index (χ0n) is 7.57. The van der Waals surface area contributed by atoms with Gasteiger partial charge in [0.1, 0.15) is 6.07 Å². The number of hydrogen-bond acceptors (Lipinski definition) is 4. The van der Waals surface area contributed by atoms with Crippen molar-refractivity contribution in [2.45, 2.75) is 0 Å². The summed E-state index contributed by atoms with van der Waals surface area (Å²) in [5.74, 6) is -0.399. The molecule has 1 rings (SSSR count). The number of amides is 1. The number of hydroxylamine groups is 1. The highest BCUT2D eigenvalue weighted by atomic mass is 16.6. The molecule has 0 radical (unpaired) electrons. The average molecular weight is 191 g/mol. The summed E-state index contributed by atoms with van der Waals surface area (Å²) in [6.07, 6.45) is 0. The molecular weight excluding hydrogens is 182 g/mol. The first-order valence-corrected chi connectivity index (χ1v) is 3.82. The van der Waals surface area contributed by atoms with Gasteiger partial charge in [0.2, 0.25) is 0 Å². The van der Waals surface area contributed by atoms with E-state index >= 15 is 0 Å². The van der Waals surface area contributed by atoms with Crippen LogP contribution in [0, 0.1) is 11.3 Å². The number of hydrogen-bond donors (Lipinski definition) is 2. The molecular formula is C9H9N3O2. The highest BCUT2D eigenvalue weighted by Gasteiger charge is 2.06. The monoisotopic (exact) mass is 191 g/mol. The van der Waals surface area contributed by atoms with E-state index in [1.54, 1.807) is 0 Å². The summed E-state index contributed by atoms with van der Waals surface area (Å²) in [7, 11) is 1.34. The molecule has 0 aromatic heterocycles. The lowest BCUT2D eigenvalue weighted by atomic mass is 10.1. The molecule has 72 valence electrons. The fraction of sp³-hybridized carbons (Fsp3) is 0.111. The number of nitriles is 1. The van der Waals surface area contributed by atoms with Gasteiger partial charge in [-0.15, -0.1) is 0 Å². The third kappa shape index (κ3) is 2.00. The summed E-state index contributed by atoms with van der Waals surface area (Å²) < 4.78 is 0. The predicted molar refractivity (Wildman–Crippen MR) is 50.0 cm³/mol. The summed E-state index contributed by atoms with van der Waals surface area (Å²) in [5, 5.41) is 8.60. The molecule has 5 heteroatoms. The highest BCUT2D eigenvalue weighted by Crippen LogP contribution is 2.12. The van der Waals surface area contributed by atoms with Gasteiger partial charge >= 0.3 is 0 Å². The molecule has 0 aliphatic heterocycles. The summed E-state index contributed by atoms with van der Waals surface area (Å²) in [5.41, 5.74) is 8.64. The molecule has 1 aromatic rings. The number of nitrogens with two attached hydrogens (primary N) is 1. The number of benzene rings is 1. The molecule has 1 aromatic carbocycles. The van der Waals surface area contributed by atoms with Gasteiger partial charge in [-0.1, -0.05) is 0 Å². The summed E-state index contributed by atoms with van der Waals surface area (Å²) in [4.78, 5) is 15.7. The SMILES string of the molecule is CONC(=O)c1ccc(C#N)c(N)c1. The van der Waals surface area contributed by atoms with E-state index in [0.29, 0.717) is 11.1 Å². The molecule has 3 N–H and O–H groups in total. The Bertz CT molecular complexity index is 396. The Kier molecular flexibility index (Phi) is 3.05. The van der Waals surface area contributed by atoms with Crippen LogP contribution in [-0.2, 0) is 4.84 Å². The van der Waals surface area contributed by atoms with Crippen molar-refractivity contribution in [1.29, 1.82) is 5.26 Å². The summed E-state index contributed by atoms with van der Waals surface area (Å²) in [6.45, 7) is 0. The molecule has 0 aliphatic carbocycles. The Morgan fingerprint density at radius 1 is 1.64 bits per heavy atom. The second kappa shape index (κ2) is 4.25. The lowest BCUT2D eigenvalue weighted by Crippen LogP contribution is -2.21. The van der Waals surface area contributed by atoms with Gasteiger partial charge in [0.25, 0.3) is 5.91 Å². The second-order valence-corrected chi connectivity index (χ2v) is 2.55. The fourth-order valence-electron chi connectivity index (χ4n) is 0.957. The highest BCUT2D eigenvalue weighted by molar-refractivity contribution is 5.94. The molecule has 0 bridgehead atoms. The molecule has 0 aliphatic rings. The molecule has 0 spiro atoms. The van der Waals surface area contributed by atoms with Crippen molar-refractivity contribution in [3.63, 3.8) is 0 Å². The number of carbonyl (C=O) groups is 1. The molecule has 5 nitrogen and oxygen atoms in total. The van der Waals surface area contributed by atoms with Crippen LogP contribution in [0.1, 0.15) is 15.9 Å². The van der Waals surface area contributed by atoms with Gasteiger partial charge in [-0.2, -0.15) is 5.26 Å². The van der Waals surface area contributed by atoms with Crippen molar-refractivity contribution in [3.05, 3.63) is 29.3 Å². The summed E-state index contributed by atoms with van der Waals surface area (Å²) >= 11 is 0. The van der Waals surface area contributed by atoms with Crippen molar-refractivity contribution >= 4 is 11.6 Å². The minimum Gasteiger partial charge on any atom is -0.398 e. The van der Waals surface area contributed by atoms with E-state index in [1.165, 1.54) is 25.3 Å². The molecule has 0 heterocycles. The van der Waals surface area contributed by atoms with Crippen LogP contribution in [-0.4, -0.2) is 13.0 Å². The zero-order chi connectivity index (χ0) is 10.6. The van der Waals surface area contributed by atoms with Gasteiger partial charge in [0, 0.05) is 5.56 Å². The molecule has 0 atom stereocenters. The van der Waals surface area contributed by atoms with Crippen molar-refractivity contribution in [2.75, 3.05) is 12.8 Å². The Hall–Kier alpha value is -2.06. The maximum absolute atomic E-state index is 11.2. The van der Waals surface area contributed by atoms with Crippen molar-refractivity contribution in [2.24, 2.45) is 0 Å². The van der Waals surface area contributed by atoms with Crippen molar-refractivity contribution in [3.8, 4) is 6.07 Å². The predicted octanol–water partition coefficient (Wildman–Crippen LogP) is 0.432. The Morgan fingerprint density at radius 2 is 2.36 bits per heavy atom. The van der Waals surface area contributed by atoms with Gasteiger partial charge in [-0.05, 0) is 18.2 Å². The van der Waals surface area contributed by atoms with E-state index in [0.717, 1.165) is 0 Å². The number of nitrogens with one attached hydrogen (secondary N) is 1. The zero-order valence-corrected chi connectivity index (χ0v) is 7.57. The van der Waals surface area contributed by atoms with Crippen LogP contribution >= 0.6 is 0 Å². The van der Waals surface area contributed by atoms with E-state index in [9.17, 15) is 4.79 Å². The van der Waals surface area contributed by atoms with Crippen LogP contribution in [0.4, 0.5) is 5.69 Å². The standard InChI is InChI=1S/C9H9N3O2/c1-14-12-9(13)6-2-3-7(5-10)8(11)4-6/h2-4H,11H2,1H3,(H,12,13). The normalized spacial score (nSPS) is 9.14. The molecule has 0 saturated carbocycles. The molecule has 14 heavy (non-hydrogen) atoms. The minimum absolute atomic E-state index is 0.274. The lowest BCUT2D eigenvalue weighted by Gasteiger charge is -2.03. The first-order valence-electron chi connectivity index (χ1n) is 3.82. The largest absolute Gasteiger partial charge is 0.398 e. The Morgan fingerprint density at radius 3 is 2.86 bits per heavy atom. The third-order valence-corrected chi connectivity index (χ3v) is 1.63. The number of rotatable bonds is 2. The van der Waals surface area contributed by atoms with Crippen LogP contribution in [0.15, 0.2) is 18.2 Å². The number of nitrogen functional groups attached to an aromatic ring is 1. The van der Waals surface area contributed by atoms with Gasteiger partial charge < -0.3 is 5.73 Å². The third-order valence-electron chi connectivity index (χ3n) is 1.63. The van der Waals surface area contributed by atoms with E-state index in [4.69, 9.17) is 11.0 Å². The number of nitrogens with zero attached hydrogens (tertiary/aromatic N) is 1. The van der Waals surface area contributed by atoms with Crippen LogP contribution in [0.3, 0.4) is 0 Å². The van der Waals surface area contributed by atoms with Crippen LogP contribution in [0.5, 0.6) is 0 Å². The maximum atomic E-state index is 11.2. The smallest absolute Gasteiger partial charge is 0.274 e.